The van der Waals surface area contributed by atoms with Gasteiger partial charge in [0.05, 0.1) is 12.9 Å². The molecule has 5 rings (SSSR count). The largest absolute Gasteiger partial charge is 0.435 e. The summed E-state index contributed by atoms with van der Waals surface area (Å²) < 4.78 is 31.4. The molecule has 0 bridgehead atoms. The van der Waals surface area contributed by atoms with Crippen molar-refractivity contribution >= 4 is 29.4 Å². The summed E-state index contributed by atoms with van der Waals surface area (Å²) in [6.07, 6.45) is 3.56. The molecule has 0 saturated heterocycles. The Morgan fingerprint density at radius 2 is 1.97 bits per heavy atom. The molecule has 38 heavy (non-hydrogen) atoms. The van der Waals surface area contributed by atoms with Crippen LogP contribution in [-0.2, 0) is 23.9 Å². The first kappa shape index (κ1) is 24.7. The van der Waals surface area contributed by atoms with E-state index in [2.05, 4.69) is 25.0 Å². The van der Waals surface area contributed by atoms with Crippen LogP contribution in [0.1, 0.15) is 21.5 Å². The number of nitrogens with zero attached hydrogens (tertiary/aromatic N) is 5. The number of carbonyl (C=O) groups is 3. The number of amides is 3. The van der Waals surface area contributed by atoms with E-state index < -0.39 is 24.1 Å². The summed E-state index contributed by atoms with van der Waals surface area (Å²) in [5, 5.41) is 2.47. The number of alkyl halides is 2. The van der Waals surface area contributed by atoms with Crippen molar-refractivity contribution in [3.05, 3.63) is 71.8 Å². The zero-order valence-electron chi connectivity index (χ0n) is 20.0. The molecule has 13 heteroatoms. The number of imidazole rings is 1. The Balaban J connectivity index is 1.46. The fourth-order valence-corrected chi connectivity index (χ4v) is 4.59. The van der Waals surface area contributed by atoms with Crippen molar-refractivity contribution in [1.82, 2.24) is 29.7 Å². The number of nitrogens with one attached hydrogen (secondary N) is 1. The molecule has 3 heterocycles. The number of halogens is 2. The van der Waals surface area contributed by atoms with E-state index in [1.54, 1.807) is 35.2 Å². The number of hydrogen-bond acceptors (Lipinski definition) is 7. The number of hydrogen-bond donors (Lipinski definition) is 2. The second kappa shape index (κ2) is 9.50. The van der Waals surface area contributed by atoms with Crippen LogP contribution in [0.15, 0.2) is 55.1 Å². The lowest BCUT2D eigenvalue weighted by atomic mass is 9.89. The van der Waals surface area contributed by atoms with Crippen LogP contribution in [0.25, 0.3) is 22.4 Å². The van der Waals surface area contributed by atoms with E-state index in [0.717, 1.165) is 0 Å². The molecule has 0 unspecified atom stereocenters. The number of fused-ring (bicyclic) bond motifs is 2. The molecule has 1 aliphatic rings. The summed E-state index contributed by atoms with van der Waals surface area (Å²) >= 11 is 0. The van der Waals surface area contributed by atoms with Gasteiger partial charge in [0.1, 0.15) is 28.8 Å². The van der Waals surface area contributed by atoms with Gasteiger partial charge in [-0.15, -0.1) is 0 Å². The van der Waals surface area contributed by atoms with Gasteiger partial charge in [-0.3, -0.25) is 4.79 Å². The molecule has 2 aromatic carbocycles. The molecule has 1 aliphatic heterocycles. The molecule has 194 valence electrons. The van der Waals surface area contributed by atoms with Gasteiger partial charge >= 0.3 is 12.6 Å². The Hall–Kier alpha value is -4.94. The molecule has 0 fully saturated rings. The Kier molecular flexibility index (Phi) is 6.18. The highest BCUT2D eigenvalue weighted by Gasteiger charge is 2.40. The normalized spacial score (nSPS) is 14.4. The van der Waals surface area contributed by atoms with E-state index in [-0.39, 0.29) is 24.4 Å². The standard InChI is InChI=1S/C25H21F2N7O4/c1-33-13-31-20-19(29-12-30-21(20)33)14-2-5-16(6-3-14)25(11-35,32-24(28)37)10-34-9-15-4-7-17(38-23(26)27)8-18(15)22(34)36/h2-8,11-13,23H,9-10H2,1H3,(H3,28,32,37)/t25-/m1/s1. The smallest absolute Gasteiger partial charge is 0.387 e. The summed E-state index contributed by atoms with van der Waals surface area (Å²) in [6.45, 7) is -3.20. The van der Waals surface area contributed by atoms with Crippen LogP contribution in [0.3, 0.4) is 0 Å². The van der Waals surface area contributed by atoms with Gasteiger partial charge in [0.15, 0.2) is 11.9 Å². The highest BCUT2D eigenvalue weighted by atomic mass is 19.3. The maximum atomic E-state index is 13.1. The minimum Gasteiger partial charge on any atom is -0.435 e. The zero-order valence-corrected chi connectivity index (χ0v) is 20.0. The first-order valence-electron chi connectivity index (χ1n) is 11.3. The third kappa shape index (κ3) is 4.38. The predicted octanol–water partition coefficient (Wildman–Crippen LogP) is 2.35. The van der Waals surface area contributed by atoms with Crippen LogP contribution in [-0.4, -0.2) is 55.8 Å². The maximum absolute atomic E-state index is 13.1. The quantitative estimate of drug-likeness (QED) is 0.339. The minimum atomic E-state index is -3.04. The Labute approximate surface area is 214 Å². The van der Waals surface area contributed by atoms with E-state index in [1.807, 2.05) is 7.05 Å². The summed E-state index contributed by atoms with van der Waals surface area (Å²) in [4.78, 5) is 51.8. The topological polar surface area (TPSA) is 145 Å². The van der Waals surface area contributed by atoms with Gasteiger partial charge < -0.3 is 30.0 Å². The molecule has 0 radical (unpaired) electrons. The SMILES string of the molecule is Cn1cnc2c(-c3ccc([C@](C=O)(CN4Cc5ccc(OC(F)F)cc5C4=O)NC(N)=O)cc3)ncnc21. The van der Waals surface area contributed by atoms with Crippen molar-refractivity contribution in [3.8, 4) is 17.0 Å². The van der Waals surface area contributed by atoms with Crippen LogP contribution in [0.4, 0.5) is 13.6 Å². The van der Waals surface area contributed by atoms with Gasteiger partial charge in [0, 0.05) is 24.7 Å². The third-order valence-corrected chi connectivity index (χ3v) is 6.34. The molecule has 0 saturated carbocycles. The summed E-state index contributed by atoms with van der Waals surface area (Å²) in [5.41, 5.74) is 7.33. The monoisotopic (exact) mass is 521 g/mol. The van der Waals surface area contributed by atoms with Crippen molar-refractivity contribution in [2.45, 2.75) is 18.7 Å². The number of benzene rings is 2. The number of aryl methyl sites for hydroxylation is 1. The number of primary amides is 1. The molecule has 11 nitrogen and oxygen atoms in total. The second-order valence-corrected chi connectivity index (χ2v) is 8.76. The van der Waals surface area contributed by atoms with Gasteiger partial charge in [-0.2, -0.15) is 8.78 Å². The van der Waals surface area contributed by atoms with Gasteiger partial charge in [0.25, 0.3) is 5.91 Å². The van der Waals surface area contributed by atoms with Crippen LogP contribution in [0, 0.1) is 0 Å². The molecule has 0 aliphatic carbocycles. The number of carbonyl (C=O) groups excluding carboxylic acids is 3. The summed E-state index contributed by atoms with van der Waals surface area (Å²) in [7, 11) is 1.81. The maximum Gasteiger partial charge on any atom is 0.387 e. The first-order valence-corrected chi connectivity index (χ1v) is 11.3. The first-order chi connectivity index (χ1) is 18.2. The molecule has 3 N–H and O–H groups in total. The number of urea groups is 1. The molecule has 2 aromatic heterocycles. The fourth-order valence-electron chi connectivity index (χ4n) is 4.59. The summed E-state index contributed by atoms with van der Waals surface area (Å²) in [5.74, 6) is -0.666. The molecule has 0 spiro atoms. The number of rotatable bonds is 8. The number of ether oxygens (including phenoxy) is 1. The van der Waals surface area contributed by atoms with Crippen molar-refractivity contribution in [1.29, 1.82) is 0 Å². The molecular weight excluding hydrogens is 500 g/mol. The lowest BCUT2D eigenvalue weighted by Gasteiger charge is -2.33. The molecule has 3 amide bonds. The average molecular weight is 521 g/mol. The van der Waals surface area contributed by atoms with Gasteiger partial charge in [-0.25, -0.2) is 19.7 Å². The molecule has 1 atom stereocenters. The van der Waals surface area contributed by atoms with Gasteiger partial charge in [-0.1, -0.05) is 30.3 Å². The average Bonchev–Trinajstić information content (AvgIpc) is 3.42. The lowest BCUT2D eigenvalue weighted by molar-refractivity contribution is -0.113. The Bertz CT molecular complexity index is 1560. The highest BCUT2D eigenvalue weighted by molar-refractivity contribution is 5.99. The number of nitrogens with two attached hydrogens (primary N) is 1. The lowest BCUT2D eigenvalue weighted by Crippen LogP contribution is -2.56. The van der Waals surface area contributed by atoms with E-state index in [9.17, 15) is 23.2 Å². The van der Waals surface area contributed by atoms with E-state index >= 15 is 0 Å². The van der Waals surface area contributed by atoms with Crippen molar-refractivity contribution in [2.24, 2.45) is 12.8 Å². The van der Waals surface area contributed by atoms with Crippen molar-refractivity contribution < 1.29 is 27.9 Å². The van der Waals surface area contributed by atoms with Crippen molar-refractivity contribution in [2.75, 3.05) is 6.54 Å². The third-order valence-electron chi connectivity index (χ3n) is 6.34. The molecular formula is C25H21F2N7O4. The van der Waals surface area contributed by atoms with E-state index in [4.69, 9.17) is 5.73 Å². The highest BCUT2D eigenvalue weighted by Crippen LogP contribution is 2.32. The van der Waals surface area contributed by atoms with E-state index in [1.165, 1.54) is 29.4 Å². The zero-order chi connectivity index (χ0) is 27.0. The van der Waals surface area contributed by atoms with Crippen molar-refractivity contribution in [3.63, 3.8) is 0 Å². The van der Waals surface area contributed by atoms with Gasteiger partial charge in [0.2, 0.25) is 0 Å². The van der Waals surface area contributed by atoms with Crippen LogP contribution < -0.4 is 15.8 Å². The second-order valence-electron chi connectivity index (χ2n) is 8.76. The van der Waals surface area contributed by atoms with Crippen LogP contribution in [0.2, 0.25) is 0 Å². The fraction of sp³-hybridized carbons (Fsp3) is 0.200. The number of aromatic nitrogens is 4. The Morgan fingerprint density at radius 1 is 1.21 bits per heavy atom. The minimum absolute atomic E-state index is 0.0931. The van der Waals surface area contributed by atoms with Crippen LogP contribution >= 0.6 is 0 Å². The predicted molar refractivity (Wildman–Crippen MR) is 130 cm³/mol. The van der Waals surface area contributed by atoms with Crippen LogP contribution in [0.5, 0.6) is 5.75 Å². The van der Waals surface area contributed by atoms with Gasteiger partial charge in [-0.05, 0) is 23.3 Å². The van der Waals surface area contributed by atoms with E-state index in [0.29, 0.717) is 39.8 Å². The number of aldehydes is 1. The molecule has 4 aromatic rings. The summed E-state index contributed by atoms with van der Waals surface area (Å²) in [6, 6.07) is 9.76. The Morgan fingerprint density at radius 3 is 2.66 bits per heavy atom.